The minimum Gasteiger partial charge on any atom is -0.379 e. The fraction of sp³-hybridized carbons (Fsp3) is 0.652. The van der Waals surface area contributed by atoms with Gasteiger partial charge in [-0.2, -0.15) is 0 Å². The summed E-state index contributed by atoms with van der Waals surface area (Å²) in [6.07, 6.45) is 6.24. The summed E-state index contributed by atoms with van der Waals surface area (Å²) in [5.41, 5.74) is 0.855. The van der Waals surface area contributed by atoms with Crippen LogP contribution in [0.1, 0.15) is 54.9 Å². The number of rotatable bonds is 5. The number of hydrogen-bond donors (Lipinski definition) is 1. The summed E-state index contributed by atoms with van der Waals surface area (Å²) in [5.74, 6) is -0.0318. The van der Waals surface area contributed by atoms with E-state index < -0.39 is 5.54 Å². The van der Waals surface area contributed by atoms with Gasteiger partial charge in [0, 0.05) is 44.2 Å². The van der Waals surface area contributed by atoms with Gasteiger partial charge in [0.25, 0.3) is 5.91 Å². The van der Waals surface area contributed by atoms with Crippen molar-refractivity contribution in [2.24, 2.45) is 0 Å². The van der Waals surface area contributed by atoms with Gasteiger partial charge in [0.15, 0.2) is 0 Å². The molecule has 0 bridgehead atoms. The first-order chi connectivity index (χ1) is 14.1. The predicted octanol–water partition coefficient (Wildman–Crippen LogP) is 2.22. The molecule has 1 aromatic rings. The fourth-order valence-corrected chi connectivity index (χ4v) is 4.92. The van der Waals surface area contributed by atoms with Gasteiger partial charge in [0.1, 0.15) is 5.54 Å². The van der Waals surface area contributed by atoms with Crippen molar-refractivity contribution >= 4 is 11.8 Å². The maximum Gasteiger partial charge on any atom is 0.255 e. The van der Waals surface area contributed by atoms with E-state index in [0.29, 0.717) is 13.0 Å². The second-order valence-corrected chi connectivity index (χ2v) is 8.83. The number of amides is 2. The van der Waals surface area contributed by atoms with Gasteiger partial charge in [-0.1, -0.05) is 37.5 Å². The molecule has 0 spiro atoms. The van der Waals surface area contributed by atoms with Crippen molar-refractivity contribution in [3.05, 3.63) is 35.4 Å². The molecule has 6 nitrogen and oxygen atoms in total. The second-order valence-electron chi connectivity index (χ2n) is 8.83. The Morgan fingerprint density at radius 2 is 1.86 bits per heavy atom. The monoisotopic (exact) mass is 399 g/mol. The molecule has 6 heteroatoms. The number of carbonyl (C=O) groups excluding carboxylic acids is 2. The van der Waals surface area contributed by atoms with Crippen LogP contribution < -0.4 is 5.32 Å². The highest BCUT2D eigenvalue weighted by molar-refractivity contribution is 6.02. The van der Waals surface area contributed by atoms with Crippen molar-refractivity contribution in [2.75, 3.05) is 39.4 Å². The Bertz CT molecular complexity index is 741. The lowest BCUT2D eigenvalue weighted by Gasteiger charge is -2.45. The summed E-state index contributed by atoms with van der Waals surface area (Å²) >= 11 is 0. The van der Waals surface area contributed by atoms with Crippen molar-refractivity contribution in [2.45, 2.75) is 57.0 Å². The molecule has 1 aromatic carbocycles. The number of ether oxygens (including phenoxy) is 1. The van der Waals surface area contributed by atoms with E-state index in [1.165, 1.54) is 19.3 Å². The smallest absolute Gasteiger partial charge is 0.255 e. The van der Waals surface area contributed by atoms with E-state index in [9.17, 15) is 9.59 Å². The van der Waals surface area contributed by atoms with Gasteiger partial charge in [-0.25, -0.2) is 0 Å². The highest BCUT2D eigenvalue weighted by Crippen LogP contribution is 2.32. The molecule has 1 saturated carbocycles. The number of nitrogens with zero attached hydrogens (tertiary/aromatic N) is 2. The lowest BCUT2D eigenvalue weighted by atomic mass is 9.82. The first kappa shape index (κ1) is 20.4. The molecular weight excluding hydrogens is 366 g/mol. The Labute approximate surface area is 173 Å². The Balaban J connectivity index is 1.55. The van der Waals surface area contributed by atoms with Gasteiger partial charge < -0.3 is 15.0 Å². The van der Waals surface area contributed by atoms with Gasteiger partial charge in [-0.05, 0) is 31.4 Å². The molecule has 0 aromatic heterocycles. The summed E-state index contributed by atoms with van der Waals surface area (Å²) in [6, 6.07) is 7.97. The third-order valence-corrected chi connectivity index (χ3v) is 6.80. The summed E-state index contributed by atoms with van der Waals surface area (Å²) < 4.78 is 5.44. The molecule has 29 heavy (non-hydrogen) atoms. The molecule has 158 valence electrons. The number of carbonyl (C=O) groups is 2. The summed E-state index contributed by atoms with van der Waals surface area (Å²) in [7, 11) is 0. The standard InChI is InChI=1S/C23H33N3O3/c1-23(22(28)24-19-8-3-2-4-9-19)17-18-7-5-6-10-20(18)21(27)26(23)12-11-25-13-15-29-16-14-25/h5-7,10,19H,2-4,8-9,11-17H2,1H3,(H,24,28)/t23-/m0/s1. The largest absolute Gasteiger partial charge is 0.379 e. The SMILES string of the molecule is C[C@@]1(C(=O)NC2CCCCC2)Cc2ccccc2C(=O)N1CCN1CCOCC1. The fourth-order valence-electron chi connectivity index (χ4n) is 4.92. The molecule has 1 aliphatic carbocycles. The summed E-state index contributed by atoms with van der Waals surface area (Å²) in [5, 5.41) is 3.28. The third-order valence-electron chi connectivity index (χ3n) is 6.80. The van der Waals surface area contributed by atoms with E-state index in [2.05, 4.69) is 10.2 Å². The van der Waals surface area contributed by atoms with E-state index in [1.807, 2.05) is 36.1 Å². The van der Waals surface area contributed by atoms with Crippen LogP contribution in [0.15, 0.2) is 24.3 Å². The number of nitrogens with one attached hydrogen (secondary N) is 1. The molecule has 2 aliphatic heterocycles. The zero-order valence-corrected chi connectivity index (χ0v) is 17.5. The first-order valence-corrected chi connectivity index (χ1v) is 11.1. The van der Waals surface area contributed by atoms with E-state index in [0.717, 1.165) is 56.8 Å². The zero-order chi connectivity index (χ0) is 20.3. The van der Waals surface area contributed by atoms with Crippen LogP contribution in [-0.2, 0) is 16.0 Å². The maximum absolute atomic E-state index is 13.5. The average molecular weight is 400 g/mol. The molecule has 4 rings (SSSR count). The normalized spacial score (nSPS) is 26.2. The van der Waals surface area contributed by atoms with Crippen LogP contribution in [0.3, 0.4) is 0 Å². The van der Waals surface area contributed by atoms with Gasteiger partial charge in [0.05, 0.1) is 13.2 Å². The third kappa shape index (κ3) is 4.33. The molecule has 2 fully saturated rings. The molecule has 3 aliphatic rings. The van der Waals surface area contributed by atoms with Crippen molar-refractivity contribution in [3.63, 3.8) is 0 Å². The minimum atomic E-state index is -0.852. The number of benzene rings is 1. The van der Waals surface area contributed by atoms with Crippen LogP contribution in [0.2, 0.25) is 0 Å². The predicted molar refractivity (Wildman–Crippen MR) is 112 cm³/mol. The van der Waals surface area contributed by atoms with Crippen molar-refractivity contribution in [1.29, 1.82) is 0 Å². The Kier molecular flexibility index (Phi) is 6.20. The molecule has 2 amide bonds. The Morgan fingerprint density at radius 1 is 1.14 bits per heavy atom. The van der Waals surface area contributed by atoms with E-state index in [4.69, 9.17) is 4.74 Å². The number of morpholine rings is 1. The quantitative estimate of drug-likeness (QED) is 0.825. The van der Waals surface area contributed by atoms with Crippen LogP contribution in [0.5, 0.6) is 0 Å². The van der Waals surface area contributed by atoms with E-state index >= 15 is 0 Å². The Hall–Kier alpha value is -1.92. The van der Waals surface area contributed by atoms with Crippen LogP contribution >= 0.6 is 0 Å². The summed E-state index contributed by atoms with van der Waals surface area (Å²) in [4.78, 5) is 31.0. The van der Waals surface area contributed by atoms with E-state index in [-0.39, 0.29) is 17.9 Å². The molecule has 1 N–H and O–H groups in total. The minimum absolute atomic E-state index is 0.00534. The first-order valence-electron chi connectivity index (χ1n) is 11.1. The highest BCUT2D eigenvalue weighted by Gasteiger charge is 2.47. The molecule has 2 heterocycles. The van der Waals surface area contributed by atoms with Crippen molar-refractivity contribution < 1.29 is 14.3 Å². The summed E-state index contributed by atoms with van der Waals surface area (Å²) in [6.45, 7) is 6.49. The molecule has 0 unspecified atom stereocenters. The van der Waals surface area contributed by atoms with Gasteiger partial charge in [-0.15, -0.1) is 0 Å². The van der Waals surface area contributed by atoms with Crippen molar-refractivity contribution in [1.82, 2.24) is 15.1 Å². The lowest BCUT2D eigenvalue weighted by Crippen LogP contribution is -2.64. The molecule has 1 saturated heterocycles. The number of fused-ring (bicyclic) bond motifs is 1. The highest BCUT2D eigenvalue weighted by atomic mass is 16.5. The second kappa shape index (κ2) is 8.84. The van der Waals surface area contributed by atoms with Crippen LogP contribution in [-0.4, -0.2) is 72.6 Å². The molecule has 0 radical (unpaired) electrons. The Morgan fingerprint density at radius 3 is 2.62 bits per heavy atom. The van der Waals surface area contributed by atoms with Gasteiger partial charge >= 0.3 is 0 Å². The number of hydrogen-bond acceptors (Lipinski definition) is 4. The van der Waals surface area contributed by atoms with Crippen LogP contribution in [0.4, 0.5) is 0 Å². The lowest BCUT2D eigenvalue weighted by molar-refractivity contribution is -0.132. The molecular formula is C23H33N3O3. The average Bonchev–Trinajstić information content (AvgIpc) is 2.75. The maximum atomic E-state index is 13.5. The zero-order valence-electron chi connectivity index (χ0n) is 17.5. The van der Waals surface area contributed by atoms with Crippen LogP contribution in [0.25, 0.3) is 0 Å². The molecule has 1 atom stereocenters. The van der Waals surface area contributed by atoms with Gasteiger partial charge in [-0.3, -0.25) is 14.5 Å². The van der Waals surface area contributed by atoms with Crippen LogP contribution in [0, 0.1) is 0 Å². The van der Waals surface area contributed by atoms with Gasteiger partial charge in [0.2, 0.25) is 5.91 Å². The topological polar surface area (TPSA) is 61.9 Å². The van der Waals surface area contributed by atoms with E-state index in [1.54, 1.807) is 0 Å². The van der Waals surface area contributed by atoms with Crippen molar-refractivity contribution in [3.8, 4) is 0 Å².